The number of benzene rings is 1. The van der Waals surface area contributed by atoms with Crippen LogP contribution in [-0.2, 0) is 6.54 Å². The van der Waals surface area contributed by atoms with E-state index >= 15 is 0 Å². The molecule has 0 aliphatic carbocycles. The van der Waals surface area contributed by atoms with E-state index in [0.717, 1.165) is 5.69 Å². The van der Waals surface area contributed by atoms with Crippen LogP contribution in [0.15, 0.2) is 36.8 Å². The molecule has 1 aromatic carbocycles. The van der Waals surface area contributed by atoms with Crippen LogP contribution in [0.3, 0.4) is 0 Å². The Morgan fingerprint density at radius 3 is 3.05 bits per heavy atom. The predicted molar refractivity (Wildman–Crippen MR) is 77.7 cm³/mol. The number of β-amino-alcohol motifs (C(OH)–C–C–N with tert-alkyl or cyclic N) is 1. The number of hydrogen-bond acceptors (Lipinski definition) is 5. The topological polar surface area (TPSA) is 98.7 Å². The number of hydrogen-bond donors (Lipinski definition) is 3. The van der Waals surface area contributed by atoms with E-state index in [0.29, 0.717) is 25.4 Å². The van der Waals surface area contributed by atoms with Gasteiger partial charge < -0.3 is 19.9 Å². The first-order valence-corrected chi connectivity index (χ1v) is 6.99. The van der Waals surface area contributed by atoms with E-state index in [4.69, 9.17) is 9.84 Å². The monoisotopic (exact) mass is 303 g/mol. The Morgan fingerprint density at radius 2 is 2.32 bits per heavy atom. The molecule has 1 aliphatic rings. The van der Waals surface area contributed by atoms with Gasteiger partial charge in [0, 0.05) is 31.5 Å². The summed E-state index contributed by atoms with van der Waals surface area (Å²) in [4.78, 5) is 20.0. The van der Waals surface area contributed by atoms with Gasteiger partial charge in [-0.1, -0.05) is 6.07 Å². The number of H-pyrrole nitrogens is 1. The van der Waals surface area contributed by atoms with Crippen LogP contribution < -0.4 is 4.74 Å². The highest BCUT2D eigenvalue weighted by Crippen LogP contribution is 2.21. The van der Waals surface area contributed by atoms with E-state index in [2.05, 4.69) is 14.9 Å². The molecule has 2 atom stereocenters. The highest BCUT2D eigenvalue weighted by Gasteiger charge is 2.33. The first-order chi connectivity index (χ1) is 10.6. The summed E-state index contributed by atoms with van der Waals surface area (Å²) in [6.45, 7) is 1.73. The fraction of sp³-hybridized carbons (Fsp3) is 0.333. The number of imidazole rings is 1. The van der Waals surface area contributed by atoms with E-state index in [9.17, 15) is 9.90 Å². The van der Waals surface area contributed by atoms with Gasteiger partial charge in [0.05, 0.1) is 11.9 Å². The van der Waals surface area contributed by atoms with E-state index < -0.39 is 12.1 Å². The quantitative estimate of drug-likeness (QED) is 0.753. The number of aromatic carboxylic acids is 1. The summed E-state index contributed by atoms with van der Waals surface area (Å²) in [5.74, 6) is -0.550. The van der Waals surface area contributed by atoms with Gasteiger partial charge in [0.1, 0.15) is 18.0 Å². The molecule has 0 bridgehead atoms. The molecule has 0 amide bonds. The number of aliphatic hydroxyl groups is 1. The average molecular weight is 303 g/mol. The minimum Gasteiger partial charge on any atom is -0.486 e. The van der Waals surface area contributed by atoms with E-state index in [-0.39, 0.29) is 11.7 Å². The summed E-state index contributed by atoms with van der Waals surface area (Å²) in [5.41, 5.74) is 1.14. The number of aromatic amines is 1. The number of aliphatic hydroxyl groups excluding tert-OH is 1. The molecular formula is C15H17N3O4. The summed E-state index contributed by atoms with van der Waals surface area (Å²) in [6, 6.07) is 6.29. The zero-order valence-corrected chi connectivity index (χ0v) is 11.8. The van der Waals surface area contributed by atoms with Crippen molar-refractivity contribution < 1.29 is 19.7 Å². The van der Waals surface area contributed by atoms with E-state index in [1.165, 1.54) is 12.1 Å². The highest BCUT2D eigenvalue weighted by molar-refractivity contribution is 5.87. The summed E-state index contributed by atoms with van der Waals surface area (Å²) < 4.78 is 5.75. The summed E-state index contributed by atoms with van der Waals surface area (Å²) in [6.07, 6.45) is 2.37. The lowest BCUT2D eigenvalue weighted by atomic mass is 10.2. The second-order valence-corrected chi connectivity index (χ2v) is 5.33. The number of carbonyl (C=O) groups is 1. The van der Waals surface area contributed by atoms with Crippen molar-refractivity contribution in [2.24, 2.45) is 0 Å². The first kappa shape index (κ1) is 14.6. The van der Waals surface area contributed by atoms with E-state index in [1.54, 1.807) is 24.7 Å². The molecule has 0 radical (unpaired) electrons. The van der Waals surface area contributed by atoms with E-state index in [1.807, 2.05) is 0 Å². The fourth-order valence-electron chi connectivity index (χ4n) is 2.57. The SMILES string of the molecule is O=C(O)c1cccc(O[C@@H]2CN(Cc3cnc[nH]3)C[C@H]2O)c1. The fourth-order valence-corrected chi connectivity index (χ4v) is 2.57. The number of ether oxygens (including phenoxy) is 1. The smallest absolute Gasteiger partial charge is 0.335 e. The third kappa shape index (κ3) is 3.26. The molecule has 116 valence electrons. The Hall–Kier alpha value is -2.38. The van der Waals surface area contributed by atoms with Gasteiger partial charge in [0.15, 0.2) is 0 Å². The van der Waals surface area contributed by atoms with Gasteiger partial charge in [0.2, 0.25) is 0 Å². The van der Waals surface area contributed by atoms with Crippen molar-refractivity contribution in [1.29, 1.82) is 0 Å². The van der Waals surface area contributed by atoms with Crippen LogP contribution in [0.4, 0.5) is 0 Å². The van der Waals surface area contributed by atoms with Crippen LogP contribution in [0.2, 0.25) is 0 Å². The van der Waals surface area contributed by atoms with Crippen LogP contribution >= 0.6 is 0 Å². The number of nitrogens with zero attached hydrogens (tertiary/aromatic N) is 2. The molecule has 1 aliphatic heterocycles. The molecule has 2 heterocycles. The first-order valence-electron chi connectivity index (χ1n) is 6.99. The number of aromatic nitrogens is 2. The number of rotatable bonds is 5. The Balaban J connectivity index is 1.63. The summed E-state index contributed by atoms with van der Waals surface area (Å²) in [7, 11) is 0. The Labute approximate surface area is 127 Å². The lowest BCUT2D eigenvalue weighted by molar-refractivity contribution is 0.0688. The van der Waals surface area contributed by atoms with Crippen LogP contribution in [0, 0.1) is 0 Å². The minimum absolute atomic E-state index is 0.166. The Bertz CT molecular complexity index is 644. The number of carboxylic acid groups (broad SMARTS) is 1. The zero-order valence-electron chi connectivity index (χ0n) is 11.8. The third-order valence-corrected chi connectivity index (χ3v) is 3.63. The molecule has 3 N–H and O–H groups in total. The molecule has 3 rings (SSSR count). The van der Waals surface area contributed by atoms with Crippen molar-refractivity contribution in [1.82, 2.24) is 14.9 Å². The lowest BCUT2D eigenvalue weighted by Gasteiger charge is -2.17. The van der Waals surface area contributed by atoms with Crippen molar-refractivity contribution in [2.45, 2.75) is 18.8 Å². The summed E-state index contributed by atoms with van der Waals surface area (Å²) in [5, 5.41) is 19.1. The van der Waals surface area contributed by atoms with Gasteiger partial charge in [-0.25, -0.2) is 9.78 Å². The predicted octanol–water partition coefficient (Wildman–Crippen LogP) is 0.732. The largest absolute Gasteiger partial charge is 0.486 e. The maximum absolute atomic E-state index is 11.0. The molecule has 7 nitrogen and oxygen atoms in total. The molecule has 1 saturated heterocycles. The average Bonchev–Trinajstić information content (AvgIpc) is 3.10. The van der Waals surface area contributed by atoms with Gasteiger partial charge >= 0.3 is 5.97 Å². The minimum atomic E-state index is -1.00. The molecule has 7 heteroatoms. The molecule has 0 unspecified atom stereocenters. The van der Waals surface area contributed by atoms with Crippen molar-refractivity contribution in [2.75, 3.05) is 13.1 Å². The maximum Gasteiger partial charge on any atom is 0.335 e. The zero-order chi connectivity index (χ0) is 15.5. The number of likely N-dealkylation sites (tertiary alicyclic amines) is 1. The van der Waals surface area contributed by atoms with Crippen LogP contribution in [0.25, 0.3) is 0 Å². The van der Waals surface area contributed by atoms with Crippen molar-refractivity contribution >= 4 is 5.97 Å². The van der Waals surface area contributed by atoms with Gasteiger partial charge in [-0.3, -0.25) is 4.90 Å². The van der Waals surface area contributed by atoms with Crippen molar-refractivity contribution in [3.05, 3.63) is 48.0 Å². The normalized spacial score (nSPS) is 21.9. The Morgan fingerprint density at radius 1 is 1.45 bits per heavy atom. The van der Waals surface area contributed by atoms with Gasteiger partial charge in [0.25, 0.3) is 0 Å². The molecular weight excluding hydrogens is 286 g/mol. The highest BCUT2D eigenvalue weighted by atomic mass is 16.5. The Kier molecular flexibility index (Phi) is 4.08. The van der Waals surface area contributed by atoms with Gasteiger partial charge in [-0.2, -0.15) is 0 Å². The molecule has 2 aromatic rings. The third-order valence-electron chi connectivity index (χ3n) is 3.63. The second kappa shape index (κ2) is 6.17. The van der Waals surface area contributed by atoms with Crippen LogP contribution in [-0.4, -0.2) is 56.3 Å². The number of nitrogens with one attached hydrogen (secondary N) is 1. The van der Waals surface area contributed by atoms with Crippen LogP contribution in [0.5, 0.6) is 5.75 Å². The molecule has 1 fully saturated rings. The number of carboxylic acids is 1. The van der Waals surface area contributed by atoms with Crippen molar-refractivity contribution in [3.63, 3.8) is 0 Å². The molecule has 22 heavy (non-hydrogen) atoms. The van der Waals surface area contributed by atoms with Gasteiger partial charge in [-0.15, -0.1) is 0 Å². The molecule has 1 aromatic heterocycles. The summed E-state index contributed by atoms with van der Waals surface area (Å²) >= 11 is 0. The van der Waals surface area contributed by atoms with Gasteiger partial charge in [-0.05, 0) is 18.2 Å². The van der Waals surface area contributed by atoms with Crippen molar-refractivity contribution in [3.8, 4) is 5.75 Å². The molecule has 0 spiro atoms. The standard InChI is InChI=1S/C15H17N3O4/c19-13-7-18(6-11-5-16-9-17-11)8-14(13)22-12-3-1-2-10(4-12)15(20)21/h1-5,9,13-14,19H,6-8H2,(H,16,17)(H,20,21)/t13-,14-/m1/s1. The second-order valence-electron chi connectivity index (χ2n) is 5.33. The molecule has 0 saturated carbocycles. The lowest BCUT2D eigenvalue weighted by Crippen LogP contribution is -2.30. The maximum atomic E-state index is 11.0. The van der Waals surface area contributed by atoms with Crippen LogP contribution in [0.1, 0.15) is 16.1 Å².